The van der Waals surface area contributed by atoms with Crippen LogP contribution in [0.25, 0.3) is 0 Å². The Morgan fingerprint density at radius 2 is 2.28 bits per heavy atom. The molecular formula is C13H17N3OS. The zero-order valence-corrected chi connectivity index (χ0v) is 11.5. The van der Waals surface area contributed by atoms with Crippen LogP contribution in [-0.2, 0) is 13.0 Å². The number of thiazole rings is 1. The summed E-state index contributed by atoms with van der Waals surface area (Å²) in [4.78, 5) is 9.77. The Labute approximate surface area is 111 Å². The molecule has 0 radical (unpaired) electrons. The molecule has 0 fully saturated rings. The third-order valence-electron chi connectivity index (χ3n) is 2.59. The highest BCUT2D eigenvalue weighted by atomic mass is 32.1. The van der Waals surface area contributed by atoms with E-state index in [-0.39, 0.29) is 0 Å². The van der Waals surface area contributed by atoms with Crippen LogP contribution < -0.4 is 10.1 Å². The van der Waals surface area contributed by atoms with E-state index in [1.165, 1.54) is 4.88 Å². The van der Waals surface area contributed by atoms with E-state index in [9.17, 15) is 0 Å². The molecule has 96 valence electrons. The number of pyridine rings is 1. The van der Waals surface area contributed by atoms with Gasteiger partial charge in [-0.3, -0.25) is 4.98 Å². The Balaban J connectivity index is 1.86. The zero-order chi connectivity index (χ0) is 12.8. The van der Waals surface area contributed by atoms with Crippen molar-refractivity contribution in [2.24, 2.45) is 0 Å². The minimum absolute atomic E-state index is 0.673. The van der Waals surface area contributed by atoms with Crippen LogP contribution in [-0.4, -0.2) is 23.6 Å². The Morgan fingerprint density at radius 1 is 1.39 bits per heavy atom. The van der Waals surface area contributed by atoms with Crippen LogP contribution in [0.5, 0.6) is 5.75 Å². The van der Waals surface area contributed by atoms with Gasteiger partial charge in [-0.15, -0.1) is 11.3 Å². The van der Waals surface area contributed by atoms with Crippen molar-refractivity contribution in [1.82, 2.24) is 15.3 Å². The number of aryl methyl sites for hydroxylation is 1. The third-order valence-corrected chi connectivity index (χ3v) is 3.58. The minimum atomic E-state index is 0.673. The van der Waals surface area contributed by atoms with E-state index < -0.39 is 0 Å². The van der Waals surface area contributed by atoms with Crippen molar-refractivity contribution in [3.8, 4) is 5.75 Å². The molecule has 0 atom stereocenters. The first-order valence-corrected chi connectivity index (χ1v) is 6.79. The van der Waals surface area contributed by atoms with Crippen LogP contribution in [0.2, 0.25) is 0 Å². The van der Waals surface area contributed by atoms with Crippen molar-refractivity contribution in [2.45, 2.75) is 19.9 Å². The van der Waals surface area contributed by atoms with Crippen molar-refractivity contribution in [3.63, 3.8) is 0 Å². The van der Waals surface area contributed by atoms with E-state index in [0.29, 0.717) is 6.61 Å². The van der Waals surface area contributed by atoms with E-state index in [0.717, 1.165) is 30.1 Å². The predicted octanol–water partition coefficient (Wildman–Crippen LogP) is 2.19. The van der Waals surface area contributed by atoms with Crippen molar-refractivity contribution in [3.05, 3.63) is 40.1 Å². The monoisotopic (exact) mass is 263 g/mol. The van der Waals surface area contributed by atoms with Crippen molar-refractivity contribution in [2.75, 3.05) is 13.7 Å². The number of hydrogen-bond donors (Lipinski definition) is 1. The van der Waals surface area contributed by atoms with E-state index >= 15 is 0 Å². The molecule has 2 aromatic heterocycles. The summed E-state index contributed by atoms with van der Waals surface area (Å²) in [7, 11) is 1.90. The molecule has 0 unspecified atom stereocenters. The molecule has 0 saturated carbocycles. The van der Waals surface area contributed by atoms with Gasteiger partial charge in [0.05, 0.1) is 23.5 Å². The fourth-order valence-electron chi connectivity index (χ4n) is 1.65. The molecule has 2 heterocycles. The topological polar surface area (TPSA) is 47.0 Å². The number of aromatic nitrogens is 2. The third kappa shape index (κ3) is 3.51. The highest BCUT2D eigenvalue weighted by molar-refractivity contribution is 7.09. The maximum atomic E-state index is 5.73. The molecule has 0 bridgehead atoms. The highest BCUT2D eigenvalue weighted by Crippen LogP contribution is 2.15. The Bertz CT molecular complexity index is 498. The molecule has 0 aliphatic carbocycles. The largest absolute Gasteiger partial charge is 0.493 e. The second-order valence-electron chi connectivity index (χ2n) is 3.97. The normalized spacial score (nSPS) is 10.6. The van der Waals surface area contributed by atoms with Gasteiger partial charge < -0.3 is 10.1 Å². The molecule has 0 amide bonds. The Morgan fingerprint density at radius 3 is 3.00 bits per heavy atom. The average molecular weight is 263 g/mol. The number of hydrogen-bond acceptors (Lipinski definition) is 5. The van der Waals surface area contributed by atoms with Gasteiger partial charge in [0.1, 0.15) is 5.75 Å². The smallest absolute Gasteiger partial charge is 0.122 e. The quantitative estimate of drug-likeness (QED) is 0.868. The molecule has 1 N–H and O–H groups in total. The fourth-order valence-corrected chi connectivity index (χ4v) is 2.41. The lowest BCUT2D eigenvalue weighted by Crippen LogP contribution is -2.07. The van der Waals surface area contributed by atoms with Crippen LogP contribution >= 0.6 is 11.3 Å². The Kier molecular flexibility index (Phi) is 4.66. The zero-order valence-electron chi connectivity index (χ0n) is 10.6. The SMILES string of the molecule is CNCc1cc(OCCc2scnc2C)ccn1. The number of ether oxygens (including phenoxy) is 1. The minimum Gasteiger partial charge on any atom is -0.493 e. The highest BCUT2D eigenvalue weighted by Gasteiger charge is 2.02. The average Bonchev–Trinajstić information content (AvgIpc) is 2.76. The maximum absolute atomic E-state index is 5.73. The Hall–Kier alpha value is -1.46. The molecule has 4 nitrogen and oxygen atoms in total. The van der Waals surface area contributed by atoms with Gasteiger partial charge in [-0.05, 0) is 20.0 Å². The van der Waals surface area contributed by atoms with Gasteiger partial charge in [0, 0.05) is 30.1 Å². The van der Waals surface area contributed by atoms with Gasteiger partial charge in [0.2, 0.25) is 0 Å². The molecule has 5 heteroatoms. The van der Waals surface area contributed by atoms with E-state index in [2.05, 4.69) is 15.3 Å². The van der Waals surface area contributed by atoms with Crippen LogP contribution in [0, 0.1) is 6.92 Å². The van der Waals surface area contributed by atoms with Crippen molar-refractivity contribution in [1.29, 1.82) is 0 Å². The van der Waals surface area contributed by atoms with Crippen LogP contribution in [0.15, 0.2) is 23.8 Å². The maximum Gasteiger partial charge on any atom is 0.122 e. The van der Waals surface area contributed by atoms with Gasteiger partial charge in [0.25, 0.3) is 0 Å². The van der Waals surface area contributed by atoms with Gasteiger partial charge in [-0.1, -0.05) is 0 Å². The van der Waals surface area contributed by atoms with Gasteiger partial charge in [0.15, 0.2) is 0 Å². The van der Waals surface area contributed by atoms with Gasteiger partial charge in [-0.2, -0.15) is 0 Å². The first-order valence-electron chi connectivity index (χ1n) is 5.91. The second-order valence-corrected chi connectivity index (χ2v) is 4.91. The predicted molar refractivity (Wildman–Crippen MR) is 73.1 cm³/mol. The van der Waals surface area contributed by atoms with Gasteiger partial charge >= 0.3 is 0 Å². The molecule has 0 spiro atoms. The standard InChI is InChI=1S/C13H17N3OS/c1-10-13(18-9-16-10)4-6-17-12-3-5-15-11(7-12)8-14-2/h3,5,7,9,14H,4,6,8H2,1-2H3. The number of nitrogens with zero attached hydrogens (tertiary/aromatic N) is 2. The summed E-state index contributed by atoms with van der Waals surface area (Å²) < 4.78 is 5.73. The molecule has 18 heavy (non-hydrogen) atoms. The number of nitrogens with one attached hydrogen (secondary N) is 1. The lowest BCUT2D eigenvalue weighted by atomic mass is 10.3. The summed E-state index contributed by atoms with van der Waals surface area (Å²) in [6, 6.07) is 3.86. The molecule has 0 aliphatic heterocycles. The first kappa shape index (κ1) is 13.0. The van der Waals surface area contributed by atoms with Crippen molar-refractivity contribution >= 4 is 11.3 Å². The summed E-state index contributed by atoms with van der Waals surface area (Å²) in [6.07, 6.45) is 2.68. The van der Waals surface area contributed by atoms with Crippen LogP contribution in [0.1, 0.15) is 16.3 Å². The van der Waals surface area contributed by atoms with E-state index in [1.807, 2.05) is 31.6 Å². The molecule has 2 aromatic rings. The fraction of sp³-hybridized carbons (Fsp3) is 0.385. The summed E-state index contributed by atoms with van der Waals surface area (Å²) in [5.41, 5.74) is 3.97. The summed E-state index contributed by atoms with van der Waals surface area (Å²) in [6.45, 7) is 3.46. The lowest BCUT2D eigenvalue weighted by molar-refractivity contribution is 0.322. The van der Waals surface area contributed by atoms with Crippen LogP contribution in [0.4, 0.5) is 0 Å². The van der Waals surface area contributed by atoms with Crippen LogP contribution in [0.3, 0.4) is 0 Å². The van der Waals surface area contributed by atoms with E-state index in [1.54, 1.807) is 17.5 Å². The van der Waals surface area contributed by atoms with E-state index in [4.69, 9.17) is 4.74 Å². The molecule has 0 aliphatic rings. The van der Waals surface area contributed by atoms with Gasteiger partial charge in [-0.25, -0.2) is 4.98 Å². The summed E-state index contributed by atoms with van der Waals surface area (Å²) >= 11 is 1.68. The molecule has 2 rings (SSSR count). The second kappa shape index (κ2) is 6.47. The number of rotatable bonds is 6. The van der Waals surface area contributed by atoms with Crippen molar-refractivity contribution < 1.29 is 4.74 Å². The summed E-state index contributed by atoms with van der Waals surface area (Å²) in [5, 5.41) is 3.07. The molecule has 0 aromatic carbocycles. The first-order chi connectivity index (χ1) is 8.79. The molecule has 0 saturated heterocycles. The lowest BCUT2D eigenvalue weighted by Gasteiger charge is -2.07. The summed E-state index contributed by atoms with van der Waals surface area (Å²) in [5.74, 6) is 0.873. The molecular weight excluding hydrogens is 246 g/mol.